The Kier molecular flexibility index (Phi) is 7.78. The van der Waals surface area contributed by atoms with Crippen molar-refractivity contribution >= 4 is 33.4 Å². The molecule has 0 radical (unpaired) electrons. The average Bonchev–Trinajstić information content (AvgIpc) is 3.66. The minimum atomic E-state index is -1.09. The Morgan fingerprint density at radius 1 is 1.29 bits per heavy atom. The number of ether oxygens (including phenoxy) is 2. The number of carboxylic acids is 1. The maximum atomic E-state index is 14.4. The first-order valence-corrected chi connectivity index (χ1v) is 13.6. The lowest BCUT2D eigenvalue weighted by Crippen LogP contribution is -2.44. The van der Waals surface area contributed by atoms with Crippen molar-refractivity contribution in [3.63, 3.8) is 0 Å². The van der Waals surface area contributed by atoms with Gasteiger partial charge in [0.05, 0.1) is 32.1 Å². The molecule has 12 nitrogen and oxygen atoms in total. The number of amides is 1. The molecule has 0 bridgehead atoms. The number of likely N-dealkylation sites (tertiary alicyclic amines) is 1. The summed E-state index contributed by atoms with van der Waals surface area (Å²) < 4.78 is 29.7. The molecule has 1 unspecified atom stereocenters. The van der Waals surface area contributed by atoms with Gasteiger partial charge in [-0.3, -0.25) is 19.0 Å². The summed E-state index contributed by atoms with van der Waals surface area (Å²) in [4.78, 5) is 54.0. The Labute approximate surface area is 236 Å². The summed E-state index contributed by atoms with van der Waals surface area (Å²) in [5.74, 6) is -1.75. The number of hydrogen-bond donors (Lipinski definition) is 1. The molecule has 1 aliphatic rings. The van der Waals surface area contributed by atoms with E-state index in [0.717, 1.165) is 4.57 Å². The zero-order valence-corrected chi connectivity index (χ0v) is 23.4. The molecule has 1 N–H and O–H groups in total. The van der Waals surface area contributed by atoms with Crippen LogP contribution >= 0.6 is 11.3 Å². The number of benzene rings is 1. The Morgan fingerprint density at radius 2 is 2.07 bits per heavy atom. The van der Waals surface area contributed by atoms with Gasteiger partial charge in [-0.25, -0.2) is 18.4 Å². The van der Waals surface area contributed by atoms with Gasteiger partial charge in [-0.2, -0.15) is 5.10 Å². The first kappa shape index (κ1) is 28.2. The highest BCUT2D eigenvalue weighted by Crippen LogP contribution is 2.34. The molecule has 1 amide bonds. The number of carbonyl (C=O) groups is 2. The molecule has 0 spiro atoms. The Hall–Kier alpha value is -4.30. The first-order valence-electron chi connectivity index (χ1n) is 12.8. The van der Waals surface area contributed by atoms with Crippen LogP contribution in [0.4, 0.5) is 4.39 Å². The summed E-state index contributed by atoms with van der Waals surface area (Å²) in [5, 5.41) is 14.3. The fourth-order valence-electron chi connectivity index (χ4n) is 5.09. The lowest BCUT2D eigenvalue weighted by Gasteiger charge is -2.23. The highest BCUT2D eigenvalue weighted by molar-refractivity contribution is 7.21. The van der Waals surface area contributed by atoms with Gasteiger partial charge in [0.2, 0.25) is 5.91 Å². The number of aliphatic carboxylic acids is 1. The van der Waals surface area contributed by atoms with Gasteiger partial charge in [-0.1, -0.05) is 11.3 Å². The van der Waals surface area contributed by atoms with Crippen LogP contribution in [-0.2, 0) is 20.9 Å². The number of rotatable bonds is 10. The molecule has 41 heavy (non-hydrogen) atoms. The van der Waals surface area contributed by atoms with E-state index in [1.54, 1.807) is 37.1 Å². The molecular formula is C27H28FN5O7S. The monoisotopic (exact) mass is 585 g/mol. The third kappa shape index (κ3) is 5.15. The van der Waals surface area contributed by atoms with E-state index in [2.05, 4.69) is 5.10 Å². The van der Waals surface area contributed by atoms with Crippen LogP contribution in [0.1, 0.15) is 36.1 Å². The number of aryl methyl sites for hydroxylation is 1. The van der Waals surface area contributed by atoms with Crippen LogP contribution < -0.4 is 16.0 Å². The number of methoxy groups -OCH3 is 1. The fraction of sp³-hybridized carbons (Fsp3) is 0.370. The van der Waals surface area contributed by atoms with Crippen molar-refractivity contribution in [2.45, 2.75) is 38.5 Å². The molecule has 5 rings (SSSR count). The quantitative estimate of drug-likeness (QED) is 0.300. The van der Waals surface area contributed by atoms with Gasteiger partial charge in [-0.15, -0.1) is 0 Å². The van der Waals surface area contributed by atoms with Crippen molar-refractivity contribution in [1.82, 2.24) is 23.8 Å². The van der Waals surface area contributed by atoms with Gasteiger partial charge in [0.1, 0.15) is 33.5 Å². The van der Waals surface area contributed by atoms with E-state index < -0.39 is 35.2 Å². The lowest BCUT2D eigenvalue weighted by atomic mass is 10.1. The number of carbonyl (C=O) groups excluding carboxylic acids is 1. The van der Waals surface area contributed by atoms with E-state index in [0.29, 0.717) is 21.9 Å². The molecule has 4 aromatic rings. The minimum Gasteiger partial charge on any atom is -0.496 e. The SMILES string of the molecule is COc1ccc(F)cc1[C@H](Cn1c(=O)n(C2CCN(C)C2=O)c(=O)c2c(C)c(-n3cccn3)sc21)OCCC(=O)O. The topological polar surface area (TPSA) is 138 Å². The van der Waals surface area contributed by atoms with Crippen LogP contribution in [0.2, 0.25) is 0 Å². The third-order valence-corrected chi connectivity index (χ3v) is 8.47. The number of carboxylic acid groups (broad SMARTS) is 1. The number of thiophene rings is 1. The second kappa shape index (κ2) is 11.3. The molecule has 14 heteroatoms. The minimum absolute atomic E-state index is 0.218. The van der Waals surface area contributed by atoms with Crippen molar-refractivity contribution < 1.29 is 28.6 Å². The number of halogens is 1. The van der Waals surface area contributed by atoms with Crippen LogP contribution in [0.25, 0.3) is 15.2 Å². The summed E-state index contributed by atoms with van der Waals surface area (Å²) >= 11 is 1.17. The molecule has 1 fully saturated rings. The summed E-state index contributed by atoms with van der Waals surface area (Å²) in [6, 6.07) is 4.56. The van der Waals surface area contributed by atoms with Gasteiger partial charge in [0, 0.05) is 37.1 Å². The maximum absolute atomic E-state index is 14.4. The summed E-state index contributed by atoms with van der Waals surface area (Å²) in [6.07, 6.45) is 2.21. The Morgan fingerprint density at radius 3 is 2.71 bits per heavy atom. The van der Waals surface area contributed by atoms with Crippen molar-refractivity contribution in [2.24, 2.45) is 0 Å². The second-order valence-corrected chi connectivity index (χ2v) is 10.7. The zero-order chi connectivity index (χ0) is 29.4. The maximum Gasteiger partial charge on any atom is 0.332 e. The van der Waals surface area contributed by atoms with E-state index in [4.69, 9.17) is 9.47 Å². The summed E-state index contributed by atoms with van der Waals surface area (Å²) in [5.41, 5.74) is -0.486. The molecule has 0 aliphatic carbocycles. The standard InChI is InChI=1S/C27H28FN5O7S/c1-15-22-24(37)33(18-7-11-30(2)23(18)36)27(38)31(26(22)41-25(15)32-10-4-9-29-32)14-20(40-12-8-21(34)35)17-13-16(28)5-6-19(17)39-3/h4-6,9-10,13,18,20H,7-8,11-12,14H2,1-3H3,(H,34,35)/t18?,20-/m0/s1. The van der Waals surface area contributed by atoms with E-state index in [1.807, 2.05) is 0 Å². The van der Waals surface area contributed by atoms with Crippen LogP contribution in [0.15, 0.2) is 46.2 Å². The largest absolute Gasteiger partial charge is 0.496 e. The molecule has 3 aromatic heterocycles. The van der Waals surface area contributed by atoms with Gasteiger partial charge in [0.15, 0.2) is 0 Å². The number of aromatic nitrogens is 4. The highest BCUT2D eigenvalue weighted by atomic mass is 32.1. The van der Waals surface area contributed by atoms with Gasteiger partial charge in [-0.05, 0) is 37.6 Å². The van der Waals surface area contributed by atoms with Crippen LogP contribution in [-0.4, -0.2) is 68.1 Å². The van der Waals surface area contributed by atoms with Gasteiger partial charge in [0.25, 0.3) is 5.56 Å². The van der Waals surface area contributed by atoms with E-state index in [-0.39, 0.29) is 48.6 Å². The fourth-order valence-corrected chi connectivity index (χ4v) is 6.34. The second-order valence-electron chi connectivity index (χ2n) is 9.69. The van der Waals surface area contributed by atoms with Gasteiger partial charge >= 0.3 is 11.7 Å². The van der Waals surface area contributed by atoms with Crippen molar-refractivity contribution in [2.75, 3.05) is 27.3 Å². The zero-order valence-electron chi connectivity index (χ0n) is 22.6. The van der Waals surface area contributed by atoms with Crippen LogP contribution in [0.3, 0.4) is 0 Å². The molecule has 1 saturated heterocycles. The van der Waals surface area contributed by atoms with Crippen molar-refractivity contribution in [3.05, 3.63) is 74.4 Å². The molecule has 4 heterocycles. The van der Waals surface area contributed by atoms with E-state index in [1.165, 1.54) is 46.1 Å². The number of hydrogen-bond acceptors (Lipinski definition) is 8. The van der Waals surface area contributed by atoms with E-state index in [9.17, 15) is 28.7 Å². The molecule has 216 valence electrons. The lowest BCUT2D eigenvalue weighted by molar-refractivity contribution is -0.138. The average molecular weight is 586 g/mol. The van der Waals surface area contributed by atoms with Crippen LogP contribution in [0, 0.1) is 12.7 Å². The van der Waals surface area contributed by atoms with E-state index >= 15 is 0 Å². The van der Waals surface area contributed by atoms with Gasteiger partial charge < -0.3 is 19.5 Å². The number of likely N-dealkylation sites (N-methyl/N-ethyl adjacent to an activating group) is 1. The van der Waals surface area contributed by atoms with Crippen LogP contribution in [0.5, 0.6) is 5.75 Å². The predicted molar refractivity (Wildman–Crippen MR) is 147 cm³/mol. The first-order chi connectivity index (χ1) is 19.6. The smallest absolute Gasteiger partial charge is 0.332 e. The molecule has 0 saturated carbocycles. The number of fused-ring (bicyclic) bond motifs is 1. The highest BCUT2D eigenvalue weighted by Gasteiger charge is 2.35. The molecule has 2 atom stereocenters. The van der Waals surface area contributed by atoms with Crippen molar-refractivity contribution in [1.29, 1.82) is 0 Å². The molecule has 1 aromatic carbocycles. The third-order valence-electron chi connectivity index (χ3n) is 7.16. The summed E-state index contributed by atoms with van der Waals surface area (Å²) in [7, 11) is 3.01. The normalized spacial score (nSPS) is 16.0. The predicted octanol–water partition coefficient (Wildman–Crippen LogP) is 2.50. The summed E-state index contributed by atoms with van der Waals surface area (Å²) in [6.45, 7) is 1.68. The van der Waals surface area contributed by atoms with Crippen molar-refractivity contribution in [3.8, 4) is 10.8 Å². The molecular weight excluding hydrogens is 557 g/mol. The Bertz CT molecular complexity index is 1740. The number of nitrogens with zero attached hydrogens (tertiary/aromatic N) is 5. The molecule has 1 aliphatic heterocycles. The Balaban J connectivity index is 1.74.